The van der Waals surface area contributed by atoms with Crippen LogP contribution in [0.5, 0.6) is 0 Å². The van der Waals surface area contributed by atoms with E-state index in [0.717, 1.165) is 22.6 Å². The summed E-state index contributed by atoms with van der Waals surface area (Å²) in [5.41, 5.74) is 2.13. The SMILES string of the molecule is Sc1cccc2c1C=CCC=N2. The molecule has 0 saturated heterocycles. The molecule has 0 aliphatic carbocycles. The molecule has 0 radical (unpaired) electrons. The lowest BCUT2D eigenvalue weighted by molar-refractivity contribution is 1.39. The van der Waals surface area contributed by atoms with E-state index in [9.17, 15) is 0 Å². The highest BCUT2D eigenvalue weighted by Gasteiger charge is 2.02. The lowest BCUT2D eigenvalue weighted by atomic mass is 10.1. The van der Waals surface area contributed by atoms with Crippen molar-refractivity contribution in [2.45, 2.75) is 11.3 Å². The predicted octanol–water partition coefficient (Wildman–Crippen LogP) is 3.09. The van der Waals surface area contributed by atoms with E-state index in [2.05, 4.69) is 29.8 Å². The molecule has 0 saturated carbocycles. The molecule has 0 aromatic heterocycles. The molecular formula is C10H9NS. The Morgan fingerprint density at radius 3 is 3.17 bits per heavy atom. The van der Waals surface area contributed by atoms with Crippen molar-refractivity contribution in [3.8, 4) is 0 Å². The van der Waals surface area contributed by atoms with Gasteiger partial charge in [-0.2, -0.15) is 0 Å². The molecule has 12 heavy (non-hydrogen) atoms. The number of thiol groups is 1. The second kappa shape index (κ2) is 3.15. The van der Waals surface area contributed by atoms with Gasteiger partial charge >= 0.3 is 0 Å². The fourth-order valence-electron chi connectivity index (χ4n) is 1.22. The number of fused-ring (bicyclic) bond motifs is 1. The Labute approximate surface area is 77.2 Å². The maximum Gasteiger partial charge on any atom is 0.0709 e. The van der Waals surface area contributed by atoms with Gasteiger partial charge in [0.1, 0.15) is 0 Å². The summed E-state index contributed by atoms with van der Waals surface area (Å²) >= 11 is 4.36. The van der Waals surface area contributed by atoms with Crippen molar-refractivity contribution in [1.82, 2.24) is 0 Å². The highest BCUT2D eigenvalue weighted by atomic mass is 32.1. The van der Waals surface area contributed by atoms with Gasteiger partial charge in [0.25, 0.3) is 0 Å². The van der Waals surface area contributed by atoms with Crippen LogP contribution in [-0.4, -0.2) is 6.21 Å². The zero-order valence-electron chi connectivity index (χ0n) is 6.57. The monoisotopic (exact) mass is 175 g/mol. The summed E-state index contributed by atoms with van der Waals surface area (Å²) in [6, 6.07) is 5.95. The van der Waals surface area contributed by atoms with Crippen molar-refractivity contribution in [3.63, 3.8) is 0 Å². The Hall–Kier alpha value is -1.02. The van der Waals surface area contributed by atoms with Crippen molar-refractivity contribution in [3.05, 3.63) is 29.8 Å². The van der Waals surface area contributed by atoms with E-state index in [4.69, 9.17) is 0 Å². The Bertz CT molecular complexity index is 353. The van der Waals surface area contributed by atoms with E-state index < -0.39 is 0 Å². The van der Waals surface area contributed by atoms with Gasteiger partial charge in [0.2, 0.25) is 0 Å². The lowest BCUT2D eigenvalue weighted by Gasteiger charge is -2.01. The number of allylic oxidation sites excluding steroid dienone is 1. The van der Waals surface area contributed by atoms with Crippen molar-refractivity contribution >= 4 is 30.6 Å². The van der Waals surface area contributed by atoms with Crippen LogP contribution in [0.15, 0.2) is 34.2 Å². The normalized spacial score (nSPS) is 14.1. The van der Waals surface area contributed by atoms with Gasteiger partial charge in [-0.15, -0.1) is 12.6 Å². The van der Waals surface area contributed by atoms with Crippen LogP contribution in [0.4, 0.5) is 5.69 Å². The molecule has 1 aliphatic rings. The third-order valence-corrected chi connectivity index (χ3v) is 2.21. The van der Waals surface area contributed by atoms with Gasteiger partial charge in [-0.3, -0.25) is 4.99 Å². The van der Waals surface area contributed by atoms with E-state index in [1.165, 1.54) is 0 Å². The van der Waals surface area contributed by atoms with Crippen LogP contribution in [0.3, 0.4) is 0 Å². The minimum Gasteiger partial charge on any atom is -0.260 e. The summed E-state index contributed by atoms with van der Waals surface area (Å²) in [6.07, 6.45) is 6.98. The number of hydrogen-bond acceptors (Lipinski definition) is 2. The van der Waals surface area contributed by atoms with Crippen molar-refractivity contribution in [1.29, 1.82) is 0 Å². The fraction of sp³-hybridized carbons (Fsp3) is 0.100. The highest BCUT2D eigenvalue weighted by molar-refractivity contribution is 7.80. The van der Waals surface area contributed by atoms with Crippen LogP contribution >= 0.6 is 12.6 Å². The molecule has 60 valence electrons. The molecule has 1 heterocycles. The van der Waals surface area contributed by atoms with Gasteiger partial charge in [-0.25, -0.2) is 0 Å². The summed E-state index contributed by atoms with van der Waals surface area (Å²) < 4.78 is 0. The van der Waals surface area contributed by atoms with Crippen LogP contribution in [0, 0.1) is 0 Å². The number of rotatable bonds is 0. The summed E-state index contributed by atoms with van der Waals surface area (Å²) in [5, 5.41) is 0. The van der Waals surface area contributed by atoms with Crippen molar-refractivity contribution < 1.29 is 0 Å². The minimum atomic E-state index is 0.905. The molecule has 0 N–H and O–H groups in total. The van der Waals surface area contributed by atoms with Crippen LogP contribution in [-0.2, 0) is 0 Å². The van der Waals surface area contributed by atoms with Gasteiger partial charge < -0.3 is 0 Å². The van der Waals surface area contributed by atoms with Crippen LogP contribution < -0.4 is 0 Å². The largest absolute Gasteiger partial charge is 0.260 e. The van der Waals surface area contributed by atoms with E-state index in [1.54, 1.807) is 0 Å². The van der Waals surface area contributed by atoms with Crippen LogP contribution in [0.1, 0.15) is 12.0 Å². The first kappa shape index (κ1) is 7.62. The molecule has 2 heteroatoms. The molecule has 1 aromatic rings. The smallest absolute Gasteiger partial charge is 0.0709 e. The molecule has 1 aliphatic heterocycles. The van der Waals surface area contributed by atoms with E-state index in [-0.39, 0.29) is 0 Å². The van der Waals surface area contributed by atoms with Crippen molar-refractivity contribution in [2.75, 3.05) is 0 Å². The quantitative estimate of drug-likeness (QED) is 0.582. The number of benzene rings is 1. The van der Waals surface area contributed by atoms with Gasteiger partial charge in [0.15, 0.2) is 0 Å². The maximum absolute atomic E-state index is 4.36. The standard InChI is InChI=1S/C10H9NS/c12-10-6-3-5-9-8(10)4-1-2-7-11-9/h1,3-7,12H,2H2. The second-order valence-electron chi connectivity index (χ2n) is 2.66. The first-order valence-corrected chi connectivity index (χ1v) is 4.34. The van der Waals surface area contributed by atoms with E-state index >= 15 is 0 Å². The first-order valence-electron chi connectivity index (χ1n) is 3.89. The third-order valence-electron chi connectivity index (χ3n) is 1.82. The zero-order valence-corrected chi connectivity index (χ0v) is 7.46. The molecule has 0 unspecified atom stereocenters. The molecule has 1 nitrogen and oxygen atoms in total. The van der Waals surface area contributed by atoms with E-state index in [1.807, 2.05) is 24.4 Å². The molecule has 0 amide bonds. The molecule has 0 fully saturated rings. The average Bonchev–Trinajstić information content (AvgIpc) is 2.30. The van der Waals surface area contributed by atoms with E-state index in [0.29, 0.717) is 0 Å². The van der Waals surface area contributed by atoms with Gasteiger partial charge in [-0.1, -0.05) is 18.2 Å². The third kappa shape index (κ3) is 1.30. The molecule has 0 spiro atoms. The minimum absolute atomic E-state index is 0.905. The molecule has 2 rings (SSSR count). The van der Waals surface area contributed by atoms with Crippen LogP contribution in [0.2, 0.25) is 0 Å². The average molecular weight is 175 g/mol. The van der Waals surface area contributed by atoms with Gasteiger partial charge in [0, 0.05) is 23.1 Å². The van der Waals surface area contributed by atoms with Gasteiger partial charge in [-0.05, 0) is 12.1 Å². The predicted molar refractivity (Wildman–Crippen MR) is 55.5 cm³/mol. The Morgan fingerprint density at radius 1 is 1.33 bits per heavy atom. The van der Waals surface area contributed by atoms with Crippen molar-refractivity contribution in [2.24, 2.45) is 4.99 Å². The van der Waals surface area contributed by atoms with Gasteiger partial charge in [0.05, 0.1) is 5.69 Å². The maximum atomic E-state index is 4.36. The second-order valence-corrected chi connectivity index (χ2v) is 3.14. The summed E-state index contributed by atoms with van der Waals surface area (Å²) in [6.45, 7) is 0. The Morgan fingerprint density at radius 2 is 2.25 bits per heavy atom. The molecular weight excluding hydrogens is 166 g/mol. The summed E-state index contributed by atoms with van der Waals surface area (Å²) in [7, 11) is 0. The molecule has 1 aromatic carbocycles. The number of hydrogen-bond donors (Lipinski definition) is 1. The fourth-order valence-corrected chi connectivity index (χ4v) is 1.50. The lowest BCUT2D eigenvalue weighted by Crippen LogP contribution is -1.75. The molecule has 0 atom stereocenters. The van der Waals surface area contributed by atoms with Crippen LogP contribution in [0.25, 0.3) is 6.08 Å². The summed E-state index contributed by atoms with van der Waals surface area (Å²) in [4.78, 5) is 5.30. The zero-order chi connectivity index (χ0) is 8.39. The Kier molecular flexibility index (Phi) is 2.00. The molecule has 0 bridgehead atoms. The summed E-state index contributed by atoms with van der Waals surface area (Å²) in [5.74, 6) is 0. The highest BCUT2D eigenvalue weighted by Crippen LogP contribution is 2.27. The Balaban J connectivity index is 2.65. The number of aliphatic imine (C=N–C) groups is 1. The first-order chi connectivity index (χ1) is 5.88. The number of nitrogens with zero attached hydrogens (tertiary/aromatic N) is 1. The topological polar surface area (TPSA) is 12.4 Å².